The van der Waals surface area contributed by atoms with Crippen molar-refractivity contribution < 1.29 is 13.9 Å². The fraction of sp³-hybridized carbons (Fsp3) is 0.500. The highest BCUT2D eigenvalue weighted by Crippen LogP contribution is 2.16. The van der Waals surface area contributed by atoms with Crippen molar-refractivity contribution in [2.45, 2.75) is 20.3 Å². The molecular weight excluding hydrogens is 313 g/mol. The number of hydrogen-bond acceptors (Lipinski definition) is 2. The van der Waals surface area contributed by atoms with Crippen LogP contribution in [-0.2, 0) is 4.74 Å². The maximum atomic E-state index is 13.0. The molecule has 1 aromatic carbocycles. The molecule has 0 radical (unpaired) electrons. The molecule has 0 unspecified atom stereocenters. The molecule has 1 amide bonds. The largest absolute Gasteiger partial charge is 0.380 e. The summed E-state index contributed by atoms with van der Waals surface area (Å²) >= 11 is 3.05. The minimum Gasteiger partial charge on any atom is -0.380 e. The molecule has 0 heterocycles. The molecule has 0 atom stereocenters. The number of benzene rings is 1. The van der Waals surface area contributed by atoms with Crippen LogP contribution in [0.1, 0.15) is 30.6 Å². The molecule has 0 bridgehead atoms. The van der Waals surface area contributed by atoms with E-state index in [9.17, 15) is 9.18 Å². The SMILES string of the molecule is CC(C)CCOCCNC(=O)c1ccc(F)c(Br)c1. The van der Waals surface area contributed by atoms with Crippen molar-refractivity contribution in [1.82, 2.24) is 5.32 Å². The predicted molar refractivity (Wildman–Crippen MR) is 76.7 cm³/mol. The van der Waals surface area contributed by atoms with E-state index in [2.05, 4.69) is 35.1 Å². The molecular formula is C14H19BrFNO2. The summed E-state index contributed by atoms with van der Waals surface area (Å²) in [7, 11) is 0. The van der Waals surface area contributed by atoms with E-state index in [1.807, 2.05) is 0 Å². The number of carbonyl (C=O) groups is 1. The van der Waals surface area contributed by atoms with Crippen molar-refractivity contribution in [2.75, 3.05) is 19.8 Å². The molecule has 106 valence electrons. The third kappa shape index (κ3) is 6.16. The van der Waals surface area contributed by atoms with E-state index in [4.69, 9.17) is 4.74 Å². The smallest absolute Gasteiger partial charge is 0.251 e. The van der Waals surface area contributed by atoms with Gasteiger partial charge < -0.3 is 10.1 Å². The summed E-state index contributed by atoms with van der Waals surface area (Å²) in [5.74, 6) is 0.00730. The second-order valence-corrected chi connectivity index (χ2v) is 5.53. The molecule has 0 aliphatic rings. The average molecular weight is 332 g/mol. The van der Waals surface area contributed by atoms with Gasteiger partial charge in [-0.05, 0) is 46.5 Å². The first kappa shape index (κ1) is 16.1. The van der Waals surface area contributed by atoms with Gasteiger partial charge >= 0.3 is 0 Å². The summed E-state index contributed by atoms with van der Waals surface area (Å²) in [4.78, 5) is 11.7. The molecule has 1 N–H and O–H groups in total. The first-order chi connectivity index (χ1) is 9.00. The fourth-order valence-electron chi connectivity index (χ4n) is 1.40. The number of carbonyl (C=O) groups excluding carboxylic acids is 1. The lowest BCUT2D eigenvalue weighted by Gasteiger charge is -2.08. The van der Waals surface area contributed by atoms with E-state index in [0.29, 0.717) is 31.2 Å². The van der Waals surface area contributed by atoms with Crippen LogP contribution >= 0.6 is 15.9 Å². The van der Waals surface area contributed by atoms with Gasteiger partial charge in [-0.15, -0.1) is 0 Å². The Balaban J connectivity index is 2.26. The minimum absolute atomic E-state index is 0.229. The quantitative estimate of drug-likeness (QED) is 0.778. The van der Waals surface area contributed by atoms with Crippen LogP contribution in [0.15, 0.2) is 22.7 Å². The van der Waals surface area contributed by atoms with E-state index in [-0.39, 0.29) is 16.2 Å². The van der Waals surface area contributed by atoms with Gasteiger partial charge in [0.05, 0.1) is 11.1 Å². The maximum absolute atomic E-state index is 13.0. The zero-order chi connectivity index (χ0) is 14.3. The van der Waals surface area contributed by atoms with Gasteiger partial charge in [0.15, 0.2) is 0 Å². The number of halogens is 2. The lowest BCUT2D eigenvalue weighted by Crippen LogP contribution is -2.27. The molecule has 1 rings (SSSR count). The van der Waals surface area contributed by atoms with Gasteiger partial charge in [-0.3, -0.25) is 4.79 Å². The molecule has 1 aromatic rings. The Hall–Kier alpha value is -0.940. The average Bonchev–Trinajstić information content (AvgIpc) is 2.36. The van der Waals surface area contributed by atoms with Gasteiger partial charge in [0, 0.05) is 18.7 Å². The first-order valence-corrected chi connectivity index (χ1v) is 7.11. The Morgan fingerprint density at radius 3 is 2.79 bits per heavy atom. The van der Waals surface area contributed by atoms with E-state index >= 15 is 0 Å². The van der Waals surface area contributed by atoms with Gasteiger partial charge in [0.25, 0.3) is 5.91 Å². The number of rotatable bonds is 7. The van der Waals surface area contributed by atoms with Crippen LogP contribution < -0.4 is 5.32 Å². The molecule has 0 saturated heterocycles. The number of amides is 1. The van der Waals surface area contributed by atoms with Crippen LogP contribution in [0.2, 0.25) is 0 Å². The highest BCUT2D eigenvalue weighted by Gasteiger charge is 2.07. The zero-order valence-electron chi connectivity index (χ0n) is 11.2. The zero-order valence-corrected chi connectivity index (χ0v) is 12.8. The lowest BCUT2D eigenvalue weighted by molar-refractivity contribution is 0.0905. The molecule has 19 heavy (non-hydrogen) atoms. The van der Waals surface area contributed by atoms with Crippen molar-refractivity contribution >= 4 is 21.8 Å². The van der Waals surface area contributed by atoms with Crippen LogP contribution in [0.5, 0.6) is 0 Å². The Morgan fingerprint density at radius 1 is 1.42 bits per heavy atom. The Morgan fingerprint density at radius 2 is 2.16 bits per heavy atom. The Kier molecular flexibility index (Phi) is 7.02. The van der Waals surface area contributed by atoms with E-state index < -0.39 is 0 Å². The van der Waals surface area contributed by atoms with Gasteiger partial charge in [0.2, 0.25) is 0 Å². The highest BCUT2D eigenvalue weighted by atomic mass is 79.9. The summed E-state index contributed by atoms with van der Waals surface area (Å²) in [6, 6.07) is 4.18. The second-order valence-electron chi connectivity index (χ2n) is 4.68. The van der Waals surface area contributed by atoms with Gasteiger partial charge in [0.1, 0.15) is 5.82 Å². The standard InChI is InChI=1S/C14H19BrFNO2/c1-10(2)5-7-19-8-6-17-14(18)11-3-4-13(16)12(15)9-11/h3-4,9-10H,5-8H2,1-2H3,(H,17,18). The van der Waals surface area contributed by atoms with Crippen LogP contribution in [0.25, 0.3) is 0 Å². The summed E-state index contributed by atoms with van der Waals surface area (Å²) < 4.78 is 18.7. The molecule has 0 aliphatic carbocycles. The number of ether oxygens (including phenoxy) is 1. The van der Waals surface area contributed by atoms with E-state index in [1.165, 1.54) is 18.2 Å². The summed E-state index contributed by atoms with van der Waals surface area (Å²) in [6.45, 7) is 5.91. The highest BCUT2D eigenvalue weighted by molar-refractivity contribution is 9.10. The van der Waals surface area contributed by atoms with Gasteiger partial charge in [-0.25, -0.2) is 4.39 Å². The maximum Gasteiger partial charge on any atom is 0.251 e. The fourth-order valence-corrected chi connectivity index (χ4v) is 1.78. The monoisotopic (exact) mass is 331 g/mol. The lowest BCUT2D eigenvalue weighted by atomic mass is 10.1. The molecule has 0 spiro atoms. The van der Waals surface area contributed by atoms with Crippen molar-refractivity contribution in [2.24, 2.45) is 5.92 Å². The van der Waals surface area contributed by atoms with Crippen LogP contribution in [0.4, 0.5) is 4.39 Å². The van der Waals surface area contributed by atoms with Crippen molar-refractivity contribution in [3.63, 3.8) is 0 Å². The summed E-state index contributed by atoms with van der Waals surface area (Å²) in [6.07, 6.45) is 1.01. The second kappa shape index (κ2) is 8.27. The Bertz CT molecular complexity index is 424. The first-order valence-electron chi connectivity index (χ1n) is 6.31. The molecule has 0 saturated carbocycles. The van der Waals surface area contributed by atoms with E-state index in [1.54, 1.807) is 0 Å². The van der Waals surface area contributed by atoms with E-state index in [0.717, 1.165) is 6.42 Å². The van der Waals surface area contributed by atoms with Gasteiger partial charge in [-0.2, -0.15) is 0 Å². The topological polar surface area (TPSA) is 38.3 Å². The Labute approximate surface area is 121 Å². The van der Waals surface area contributed by atoms with Crippen molar-refractivity contribution in [3.8, 4) is 0 Å². The molecule has 3 nitrogen and oxygen atoms in total. The minimum atomic E-state index is -0.381. The molecule has 0 fully saturated rings. The third-order valence-corrected chi connectivity index (χ3v) is 3.16. The van der Waals surface area contributed by atoms with Gasteiger partial charge in [-0.1, -0.05) is 13.8 Å². The summed E-state index contributed by atoms with van der Waals surface area (Å²) in [5, 5.41) is 2.73. The normalized spacial score (nSPS) is 10.8. The number of nitrogens with one attached hydrogen (secondary N) is 1. The summed E-state index contributed by atoms with van der Waals surface area (Å²) in [5.41, 5.74) is 0.426. The predicted octanol–water partition coefficient (Wildman–Crippen LogP) is 3.38. The van der Waals surface area contributed by atoms with Crippen molar-refractivity contribution in [3.05, 3.63) is 34.1 Å². The van der Waals surface area contributed by atoms with Crippen LogP contribution in [-0.4, -0.2) is 25.7 Å². The van der Waals surface area contributed by atoms with Crippen LogP contribution in [0.3, 0.4) is 0 Å². The van der Waals surface area contributed by atoms with Crippen molar-refractivity contribution in [1.29, 1.82) is 0 Å². The molecule has 5 heteroatoms. The number of hydrogen-bond donors (Lipinski definition) is 1. The third-order valence-electron chi connectivity index (χ3n) is 2.55. The van der Waals surface area contributed by atoms with Crippen LogP contribution in [0, 0.1) is 11.7 Å². The molecule has 0 aliphatic heterocycles. The molecule has 0 aromatic heterocycles.